The van der Waals surface area contributed by atoms with E-state index in [1.807, 2.05) is 24.3 Å². The molecule has 1 saturated heterocycles. The zero-order chi connectivity index (χ0) is 19.8. The van der Waals surface area contributed by atoms with E-state index < -0.39 is 22.9 Å². The standard InChI is InChI=1S/C21H26N2O4/c1-20(2,3)27-18(24)17-12-23(11-14-5-9-16(26-4)10-6-14)19(25)21(17,13-22)15-7-8-15/h5-6,9-10,15,17H,7-8,11-12H2,1-4H3/t17-,21+/m1/s1. The third kappa shape index (κ3) is 3.64. The van der Waals surface area contributed by atoms with Crippen molar-refractivity contribution in [2.75, 3.05) is 13.7 Å². The molecule has 3 rings (SSSR count). The van der Waals surface area contributed by atoms with E-state index in [2.05, 4.69) is 6.07 Å². The van der Waals surface area contributed by atoms with Crippen molar-refractivity contribution in [3.8, 4) is 11.8 Å². The summed E-state index contributed by atoms with van der Waals surface area (Å²) >= 11 is 0. The molecule has 0 N–H and O–H groups in total. The summed E-state index contributed by atoms with van der Waals surface area (Å²) in [6.45, 7) is 5.95. The molecule has 1 saturated carbocycles. The zero-order valence-corrected chi connectivity index (χ0v) is 16.3. The van der Waals surface area contributed by atoms with Gasteiger partial charge in [-0.2, -0.15) is 5.26 Å². The number of carbonyl (C=O) groups excluding carboxylic acids is 2. The van der Waals surface area contributed by atoms with Gasteiger partial charge in [0.2, 0.25) is 5.91 Å². The Labute approximate surface area is 160 Å². The van der Waals surface area contributed by atoms with Crippen LogP contribution < -0.4 is 4.74 Å². The van der Waals surface area contributed by atoms with Crippen LogP contribution in [0.25, 0.3) is 0 Å². The van der Waals surface area contributed by atoms with Gasteiger partial charge in [-0.25, -0.2) is 0 Å². The number of likely N-dealkylation sites (tertiary alicyclic amines) is 1. The van der Waals surface area contributed by atoms with Gasteiger partial charge in [-0.15, -0.1) is 0 Å². The number of nitriles is 1. The molecule has 0 aromatic heterocycles. The van der Waals surface area contributed by atoms with Crippen LogP contribution in [0.5, 0.6) is 5.75 Å². The van der Waals surface area contributed by atoms with E-state index in [1.165, 1.54) is 0 Å². The van der Waals surface area contributed by atoms with Crippen LogP contribution in [-0.4, -0.2) is 36.0 Å². The molecule has 1 heterocycles. The van der Waals surface area contributed by atoms with Gasteiger partial charge in [0.25, 0.3) is 0 Å². The second kappa shape index (κ2) is 6.88. The molecule has 0 spiro atoms. The fourth-order valence-electron chi connectivity index (χ4n) is 3.79. The monoisotopic (exact) mass is 370 g/mol. The normalized spacial score (nSPS) is 25.2. The lowest BCUT2D eigenvalue weighted by Crippen LogP contribution is -2.42. The molecule has 6 heteroatoms. The largest absolute Gasteiger partial charge is 0.497 e. The van der Waals surface area contributed by atoms with E-state index in [4.69, 9.17) is 9.47 Å². The predicted octanol–water partition coefficient (Wildman–Crippen LogP) is 2.92. The molecule has 0 bridgehead atoms. The summed E-state index contributed by atoms with van der Waals surface area (Å²) in [6, 6.07) is 9.67. The van der Waals surface area contributed by atoms with Crippen LogP contribution >= 0.6 is 0 Å². The van der Waals surface area contributed by atoms with Gasteiger partial charge in [-0.1, -0.05) is 12.1 Å². The highest BCUT2D eigenvalue weighted by atomic mass is 16.6. The van der Waals surface area contributed by atoms with Crippen molar-refractivity contribution in [1.29, 1.82) is 5.26 Å². The number of ether oxygens (including phenoxy) is 2. The van der Waals surface area contributed by atoms with Gasteiger partial charge in [-0.05, 0) is 57.2 Å². The molecule has 1 aliphatic carbocycles. The number of methoxy groups -OCH3 is 1. The number of esters is 1. The van der Waals surface area contributed by atoms with Gasteiger partial charge in [-0.3, -0.25) is 9.59 Å². The molecule has 1 amide bonds. The summed E-state index contributed by atoms with van der Waals surface area (Å²) in [4.78, 5) is 27.7. The maximum absolute atomic E-state index is 13.2. The molecule has 1 aromatic carbocycles. The highest BCUT2D eigenvalue weighted by Crippen LogP contribution is 2.54. The lowest BCUT2D eigenvalue weighted by molar-refractivity contribution is -0.163. The number of carbonyl (C=O) groups is 2. The van der Waals surface area contributed by atoms with E-state index in [-0.39, 0.29) is 18.4 Å². The summed E-state index contributed by atoms with van der Waals surface area (Å²) < 4.78 is 10.7. The van der Waals surface area contributed by atoms with Crippen molar-refractivity contribution in [1.82, 2.24) is 4.90 Å². The number of amides is 1. The molecule has 2 fully saturated rings. The van der Waals surface area contributed by atoms with Crippen LogP contribution in [0.2, 0.25) is 0 Å². The number of rotatable bonds is 5. The highest BCUT2D eigenvalue weighted by molar-refractivity contribution is 5.95. The van der Waals surface area contributed by atoms with Gasteiger partial charge in [0, 0.05) is 13.1 Å². The number of hydrogen-bond acceptors (Lipinski definition) is 5. The van der Waals surface area contributed by atoms with Gasteiger partial charge < -0.3 is 14.4 Å². The molecule has 1 aromatic rings. The molecule has 2 aliphatic rings. The lowest BCUT2D eigenvalue weighted by atomic mass is 9.74. The molecule has 2 atom stereocenters. The molecule has 0 radical (unpaired) electrons. The summed E-state index contributed by atoms with van der Waals surface area (Å²) in [6.07, 6.45) is 1.60. The third-order valence-corrected chi connectivity index (χ3v) is 5.22. The Morgan fingerprint density at radius 3 is 2.41 bits per heavy atom. The van der Waals surface area contributed by atoms with Crippen LogP contribution in [0, 0.1) is 28.6 Å². The van der Waals surface area contributed by atoms with E-state index in [1.54, 1.807) is 32.8 Å². The Kier molecular flexibility index (Phi) is 4.90. The predicted molar refractivity (Wildman–Crippen MR) is 98.5 cm³/mol. The molecular formula is C21H26N2O4. The Bertz CT molecular complexity index is 771. The highest BCUT2D eigenvalue weighted by Gasteiger charge is 2.65. The minimum absolute atomic E-state index is 0.0617. The van der Waals surface area contributed by atoms with Gasteiger partial charge in [0.1, 0.15) is 17.3 Å². The SMILES string of the molecule is COc1ccc(CN2C[C@H](C(=O)OC(C)(C)C)[C@](C#N)(C3CC3)C2=O)cc1. The maximum atomic E-state index is 13.2. The summed E-state index contributed by atoms with van der Waals surface area (Å²) in [5.74, 6) is -0.781. The topological polar surface area (TPSA) is 79.6 Å². The van der Waals surface area contributed by atoms with Crippen LogP contribution in [0.1, 0.15) is 39.2 Å². The van der Waals surface area contributed by atoms with Crippen molar-refractivity contribution in [3.05, 3.63) is 29.8 Å². The number of hydrogen-bond donors (Lipinski definition) is 0. The fraction of sp³-hybridized carbons (Fsp3) is 0.571. The second-order valence-electron chi connectivity index (χ2n) is 8.37. The molecule has 6 nitrogen and oxygen atoms in total. The van der Waals surface area contributed by atoms with Crippen molar-refractivity contribution in [2.24, 2.45) is 17.3 Å². The van der Waals surface area contributed by atoms with E-state index in [9.17, 15) is 14.9 Å². The van der Waals surface area contributed by atoms with Crippen molar-refractivity contribution >= 4 is 11.9 Å². The Morgan fingerprint density at radius 1 is 1.30 bits per heavy atom. The average Bonchev–Trinajstić information content (AvgIpc) is 3.41. The Morgan fingerprint density at radius 2 is 1.93 bits per heavy atom. The van der Waals surface area contributed by atoms with E-state index >= 15 is 0 Å². The molecule has 1 aliphatic heterocycles. The molecule has 0 unspecified atom stereocenters. The van der Waals surface area contributed by atoms with Crippen molar-refractivity contribution < 1.29 is 19.1 Å². The fourth-order valence-corrected chi connectivity index (χ4v) is 3.79. The van der Waals surface area contributed by atoms with Gasteiger partial charge in [0.05, 0.1) is 13.2 Å². The first kappa shape index (κ1) is 19.2. The molecular weight excluding hydrogens is 344 g/mol. The molecule has 144 valence electrons. The minimum Gasteiger partial charge on any atom is -0.497 e. The average molecular weight is 370 g/mol. The summed E-state index contributed by atoms with van der Waals surface area (Å²) in [5, 5.41) is 9.95. The van der Waals surface area contributed by atoms with Crippen LogP contribution in [0.4, 0.5) is 0 Å². The number of nitrogens with zero attached hydrogens (tertiary/aromatic N) is 2. The first-order valence-electron chi connectivity index (χ1n) is 9.27. The number of benzene rings is 1. The lowest BCUT2D eigenvalue weighted by Gasteiger charge is -2.27. The van der Waals surface area contributed by atoms with Crippen LogP contribution in [0.3, 0.4) is 0 Å². The van der Waals surface area contributed by atoms with Crippen molar-refractivity contribution in [2.45, 2.75) is 45.8 Å². The Hall–Kier alpha value is -2.55. The summed E-state index contributed by atoms with van der Waals surface area (Å²) in [5.41, 5.74) is -1.03. The van der Waals surface area contributed by atoms with Gasteiger partial charge in [0.15, 0.2) is 5.41 Å². The Balaban J connectivity index is 1.86. The first-order valence-corrected chi connectivity index (χ1v) is 9.27. The minimum atomic E-state index is -1.30. The smallest absolute Gasteiger partial charge is 0.313 e. The van der Waals surface area contributed by atoms with E-state index in [0.29, 0.717) is 6.54 Å². The van der Waals surface area contributed by atoms with E-state index in [0.717, 1.165) is 24.2 Å². The molecule has 27 heavy (non-hydrogen) atoms. The zero-order valence-electron chi connectivity index (χ0n) is 16.3. The van der Waals surface area contributed by atoms with Crippen molar-refractivity contribution in [3.63, 3.8) is 0 Å². The summed E-state index contributed by atoms with van der Waals surface area (Å²) in [7, 11) is 1.60. The van der Waals surface area contributed by atoms with Crippen LogP contribution in [-0.2, 0) is 20.9 Å². The quantitative estimate of drug-likeness (QED) is 0.745. The third-order valence-electron chi connectivity index (χ3n) is 5.22. The first-order chi connectivity index (χ1) is 12.7. The van der Waals surface area contributed by atoms with Crippen LogP contribution in [0.15, 0.2) is 24.3 Å². The maximum Gasteiger partial charge on any atom is 0.313 e. The van der Waals surface area contributed by atoms with Gasteiger partial charge >= 0.3 is 5.97 Å². The second-order valence-corrected chi connectivity index (χ2v) is 8.37.